The van der Waals surface area contributed by atoms with E-state index in [-0.39, 0.29) is 17.1 Å². The van der Waals surface area contributed by atoms with Crippen molar-refractivity contribution in [2.75, 3.05) is 25.1 Å². The van der Waals surface area contributed by atoms with Crippen LogP contribution in [0.2, 0.25) is 0 Å². The summed E-state index contributed by atoms with van der Waals surface area (Å²) in [6.07, 6.45) is 3.04. The van der Waals surface area contributed by atoms with Gasteiger partial charge in [0.05, 0.1) is 30.8 Å². The number of amides is 1. The number of nitrogens with one attached hydrogen (secondary N) is 1. The third-order valence-corrected chi connectivity index (χ3v) is 3.50. The zero-order valence-corrected chi connectivity index (χ0v) is 16.2. The first-order valence-corrected chi connectivity index (χ1v) is 9.05. The van der Waals surface area contributed by atoms with Crippen LogP contribution in [-0.2, 0) is 9.53 Å². The summed E-state index contributed by atoms with van der Waals surface area (Å²) >= 11 is 0. The first-order chi connectivity index (χ1) is 12.9. The Balaban J connectivity index is 3.09. The fourth-order valence-electron chi connectivity index (χ4n) is 2.09. The molecule has 0 aromatic heterocycles. The largest absolute Gasteiger partial charge is 0.490 e. The van der Waals surface area contributed by atoms with Crippen LogP contribution < -0.4 is 14.8 Å². The molecule has 8 heteroatoms. The number of carbonyl (C=O) groups is 1. The summed E-state index contributed by atoms with van der Waals surface area (Å²) in [5.74, 6) is 0.155. The van der Waals surface area contributed by atoms with Crippen molar-refractivity contribution in [1.29, 1.82) is 0 Å². The number of nitro benzene ring substituents is 1. The quantitative estimate of drug-likeness (QED) is 0.239. The topological polar surface area (TPSA) is 99.9 Å². The Kier molecular flexibility index (Phi) is 9.89. The van der Waals surface area contributed by atoms with Gasteiger partial charge in [0, 0.05) is 6.07 Å². The minimum atomic E-state index is -0.763. The summed E-state index contributed by atoms with van der Waals surface area (Å²) in [6, 6.07) is 2.70. The summed E-state index contributed by atoms with van der Waals surface area (Å²) in [5.41, 5.74) is -0.226. The molecule has 0 saturated heterocycles. The second kappa shape index (κ2) is 11.9. The highest BCUT2D eigenvalue weighted by Crippen LogP contribution is 2.38. The number of nitro groups is 1. The van der Waals surface area contributed by atoms with E-state index >= 15 is 0 Å². The lowest BCUT2D eigenvalue weighted by molar-refractivity contribution is -0.384. The monoisotopic (exact) mass is 380 g/mol. The molecule has 0 aliphatic carbocycles. The normalized spacial score (nSPS) is 11.5. The fourth-order valence-corrected chi connectivity index (χ4v) is 2.09. The summed E-state index contributed by atoms with van der Waals surface area (Å²) in [5, 5.41) is 14.0. The molecular formula is C19H28N2O6. The molecule has 0 spiro atoms. The van der Waals surface area contributed by atoms with E-state index in [0.717, 1.165) is 12.8 Å². The third kappa shape index (κ3) is 7.26. The molecule has 0 aliphatic rings. The van der Waals surface area contributed by atoms with E-state index in [1.807, 2.05) is 13.8 Å². The van der Waals surface area contributed by atoms with Crippen molar-refractivity contribution in [3.8, 4) is 11.5 Å². The maximum Gasteiger partial charge on any atom is 0.296 e. The molecule has 1 unspecified atom stereocenters. The molecule has 0 saturated carbocycles. The summed E-state index contributed by atoms with van der Waals surface area (Å²) in [4.78, 5) is 23.2. The standard InChI is InChI=1S/C19H28N2O6/c1-5-8-11-25-14(4)19(22)20-15-12-17(26-9-6-2)18(27-10-7-3)13-16(15)21(23)24/h5,12-14H,1,6-11H2,2-4H3,(H,20,22). The SMILES string of the molecule is C=CCCOC(C)C(=O)Nc1cc(OCCC)c(OCCC)cc1[N+](=O)[O-]. The van der Waals surface area contributed by atoms with Crippen LogP contribution in [0, 0.1) is 10.1 Å². The van der Waals surface area contributed by atoms with Crippen LogP contribution in [0.1, 0.15) is 40.0 Å². The zero-order chi connectivity index (χ0) is 20.2. The number of rotatable bonds is 13. The molecule has 1 aromatic rings. The van der Waals surface area contributed by atoms with Crippen LogP contribution in [0.5, 0.6) is 11.5 Å². The van der Waals surface area contributed by atoms with Gasteiger partial charge in [-0.1, -0.05) is 19.9 Å². The van der Waals surface area contributed by atoms with E-state index in [1.165, 1.54) is 12.1 Å². The minimum absolute atomic E-state index is 0.0409. The summed E-state index contributed by atoms with van der Waals surface area (Å²) < 4.78 is 16.6. The van der Waals surface area contributed by atoms with Gasteiger partial charge in [-0.25, -0.2) is 0 Å². The summed E-state index contributed by atoms with van der Waals surface area (Å²) in [7, 11) is 0. The Labute approximate surface area is 159 Å². The first-order valence-electron chi connectivity index (χ1n) is 9.05. The van der Waals surface area contributed by atoms with Crippen molar-refractivity contribution < 1.29 is 23.9 Å². The van der Waals surface area contributed by atoms with Gasteiger partial charge in [0.25, 0.3) is 11.6 Å². The molecule has 27 heavy (non-hydrogen) atoms. The molecule has 1 N–H and O–H groups in total. The Morgan fingerprint density at radius 3 is 2.33 bits per heavy atom. The highest BCUT2D eigenvalue weighted by molar-refractivity contribution is 5.96. The number of carbonyl (C=O) groups excluding carboxylic acids is 1. The summed E-state index contributed by atoms with van der Waals surface area (Å²) in [6.45, 7) is 10.2. The van der Waals surface area contributed by atoms with Crippen molar-refractivity contribution in [2.24, 2.45) is 0 Å². The van der Waals surface area contributed by atoms with Gasteiger partial charge in [0.1, 0.15) is 11.8 Å². The number of ether oxygens (including phenoxy) is 3. The highest BCUT2D eigenvalue weighted by atomic mass is 16.6. The van der Waals surface area contributed by atoms with Gasteiger partial charge in [-0.05, 0) is 26.2 Å². The molecule has 0 fully saturated rings. The Morgan fingerprint density at radius 2 is 1.81 bits per heavy atom. The maximum absolute atomic E-state index is 12.3. The van der Waals surface area contributed by atoms with E-state index in [2.05, 4.69) is 11.9 Å². The Hall–Kier alpha value is -2.61. The molecular weight excluding hydrogens is 352 g/mol. The zero-order valence-electron chi connectivity index (χ0n) is 16.2. The molecule has 1 amide bonds. The van der Waals surface area contributed by atoms with Crippen LogP contribution in [0.3, 0.4) is 0 Å². The number of hydrogen-bond acceptors (Lipinski definition) is 6. The number of hydrogen-bond donors (Lipinski definition) is 1. The fraction of sp³-hybridized carbons (Fsp3) is 0.526. The van der Waals surface area contributed by atoms with Crippen LogP contribution in [0.4, 0.5) is 11.4 Å². The van der Waals surface area contributed by atoms with Gasteiger partial charge in [0.15, 0.2) is 11.5 Å². The number of nitrogens with zero attached hydrogens (tertiary/aromatic N) is 1. The van der Waals surface area contributed by atoms with Gasteiger partial charge < -0.3 is 19.5 Å². The van der Waals surface area contributed by atoms with Gasteiger partial charge >= 0.3 is 0 Å². The Bertz CT molecular complexity index is 647. The lowest BCUT2D eigenvalue weighted by Crippen LogP contribution is -2.28. The molecule has 1 aromatic carbocycles. The highest BCUT2D eigenvalue weighted by Gasteiger charge is 2.23. The second-order valence-electron chi connectivity index (χ2n) is 5.85. The van der Waals surface area contributed by atoms with Crippen molar-refractivity contribution in [3.63, 3.8) is 0 Å². The molecule has 0 bridgehead atoms. The predicted molar refractivity (Wildman–Crippen MR) is 104 cm³/mol. The van der Waals surface area contributed by atoms with E-state index < -0.39 is 16.9 Å². The van der Waals surface area contributed by atoms with Crippen LogP contribution >= 0.6 is 0 Å². The average molecular weight is 380 g/mol. The predicted octanol–water partition coefficient (Wildman–Crippen LogP) is 4.09. The Morgan fingerprint density at radius 1 is 1.22 bits per heavy atom. The smallest absolute Gasteiger partial charge is 0.296 e. The molecule has 0 radical (unpaired) electrons. The van der Waals surface area contributed by atoms with E-state index in [1.54, 1.807) is 13.0 Å². The molecule has 1 atom stereocenters. The van der Waals surface area contributed by atoms with E-state index in [0.29, 0.717) is 32.0 Å². The van der Waals surface area contributed by atoms with E-state index in [4.69, 9.17) is 14.2 Å². The first kappa shape index (κ1) is 22.4. The molecule has 1 rings (SSSR count). The van der Waals surface area contributed by atoms with Crippen LogP contribution in [-0.4, -0.2) is 36.8 Å². The number of benzene rings is 1. The van der Waals surface area contributed by atoms with Gasteiger partial charge in [0.2, 0.25) is 0 Å². The molecule has 0 aliphatic heterocycles. The van der Waals surface area contributed by atoms with Crippen molar-refractivity contribution in [1.82, 2.24) is 0 Å². The van der Waals surface area contributed by atoms with Crippen molar-refractivity contribution in [3.05, 3.63) is 34.9 Å². The van der Waals surface area contributed by atoms with Gasteiger partial charge in [-0.15, -0.1) is 6.58 Å². The van der Waals surface area contributed by atoms with Gasteiger partial charge in [-0.3, -0.25) is 14.9 Å². The van der Waals surface area contributed by atoms with Crippen molar-refractivity contribution >= 4 is 17.3 Å². The van der Waals surface area contributed by atoms with E-state index in [9.17, 15) is 14.9 Å². The average Bonchev–Trinajstić information content (AvgIpc) is 2.65. The molecule has 8 nitrogen and oxygen atoms in total. The maximum atomic E-state index is 12.3. The van der Waals surface area contributed by atoms with Gasteiger partial charge in [-0.2, -0.15) is 0 Å². The minimum Gasteiger partial charge on any atom is -0.490 e. The van der Waals surface area contributed by atoms with Crippen LogP contribution in [0.15, 0.2) is 24.8 Å². The van der Waals surface area contributed by atoms with Crippen LogP contribution in [0.25, 0.3) is 0 Å². The van der Waals surface area contributed by atoms with Crippen molar-refractivity contribution in [2.45, 2.75) is 46.1 Å². The molecule has 0 heterocycles. The molecule has 150 valence electrons. The lowest BCUT2D eigenvalue weighted by atomic mass is 10.2. The number of anilines is 1. The second-order valence-corrected chi connectivity index (χ2v) is 5.85. The lowest BCUT2D eigenvalue weighted by Gasteiger charge is -2.16. The third-order valence-electron chi connectivity index (χ3n) is 3.50.